The lowest BCUT2D eigenvalue weighted by Crippen LogP contribution is -2.69. The molecule has 0 aromatic heterocycles. The summed E-state index contributed by atoms with van der Waals surface area (Å²) in [5.41, 5.74) is -0.0887. The van der Waals surface area contributed by atoms with Crippen LogP contribution in [0.1, 0.15) is 55.3 Å². The van der Waals surface area contributed by atoms with Gasteiger partial charge in [-0.15, -0.1) is 0 Å². The number of hydrogen-bond donors (Lipinski definition) is 2. The smallest absolute Gasteiger partial charge is 0.268 e. The van der Waals surface area contributed by atoms with Gasteiger partial charge >= 0.3 is 0 Å². The average Bonchev–Trinajstić information content (AvgIpc) is 3.06. The highest BCUT2D eigenvalue weighted by Gasteiger charge is 2.58. The quantitative estimate of drug-likeness (QED) is 0.681. The first-order valence-corrected chi connectivity index (χ1v) is 11.9. The Hall–Kier alpha value is -2.24. The van der Waals surface area contributed by atoms with E-state index in [2.05, 4.69) is 10.6 Å². The van der Waals surface area contributed by atoms with Crippen molar-refractivity contribution in [1.82, 2.24) is 15.5 Å². The average molecular weight is 477 g/mol. The zero-order valence-corrected chi connectivity index (χ0v) is 19.0. The van der Waals surface area contributed by atoms with Gasteiger partial charge in [-0.25, -0.2) is 8.78 Å². The molecule has 176 valence electrons. The summed E-state index contributed by atoms with van der Waals surface area (Å²) < 4.78 is 27.5. The number of benzene rings is 1. The molecule has 1 heterocycles. The molecule has 5 fully saturated rings. The second-order valence-corrected chi connectivity index (χ2v) is 11.0. The Labute approximate surface area is 196 Å². The maximum absolute atomic E-state index is 13.8. The Morgan fingerprint density at radius 1 is 1.09 bits per heavy atom. The number of likely N-dealkylation sites (tertiary alicyclic amines) is 1. The van der Waals surface area contributed by atoms with E-state index in [4.69, 9.17) is 11.6 Å². The number of alkyl halides is 2. The van der Waals surface area contributed by atoms with Gasteiger partial charge in [0.2, 0.25) is 5.91 Å². The van der Waals surface area contributed by atoms with Crippen LogP contribution in [0.25, 0.3) is 0 Å². The van der Waals surface area contributed by atoms with Crippen LogP contribution in [0, 0.1) is 23.2 Å². The van der Waals surface area contributed by atoms with E-state index in [9.17, 15) is 23.6 Å². The van der Waals surface area contributed by atoms with Crippen molar-refractivity contribution in [2.75, 3.05) is 13.1 Å². The molecule has 6 rings (SSSR count). The van der Waals surface area contributed by atoms with Crippen LogP contribution in [-0.4, -0.2) is 52.8 Å². The van der Waals surface area contributed by atoms with Crippen LogP contribution in [0.2, 0.25) is 5.02 Å². The number of nitrogens with zero attached hydrogens (tertiary/aromatic N) is 2. The van der Waals surface area contributed by atoms with Gasteiger partial charge in [-0.2, -0.15) is 5.26 Å². The largest absolute Gasteiger partial charge is 0.347 e. The normalized spacial score (nSPS) is 35.9. The maximum Gasteiger partial charge on any atom is 0.268 e. The molecular formula is C24H27ClF2N4O2. The Morgan fingerprint density at radius 2 is 1.73 bits per heavy atom. The van der Waals surface area contributed by atoms with Gasteiger partial charge in [0.15, 0.2) is 0 Å². The third-order valence-corrected chi connectivity index (χ3v) is 8.15. The molecule has 4 bridgehead atoms. The predicted molar refractivity (Wildman–Crippen MR) is 118 cm³/mol. The van der Waals surface area contributed by atoms with Crippen molar-refractivity contribution in [2.45, 2.75) is 68.0 Å². The fraction of sp³-hybridized carbons (Fsp3) is 0.625. The number of hydrogen-bond acceptors (Lipinski definition) is 4. The molecule has 9 heteroatoms. The summed E-state index contributed by atoms with van der Waals surface area (Å²) in [5, 5.41) is 16.5. The van der Waals surface area contributed by atoms with Crippen LogP contribution in [0.4, 0.5) is 8.78 Å². The first-order chi connectivity index (χ1) is 15.6. The van der Waals surface area contributed by atoms with Crippen molar-refractivity contribution in [1.29, 1.82) is 5.26 Å². The Bertz CT molecular complexity index is 995. The maximum atomic E-state index is 13.8. The first kappa shape index (κ1) is 22.5. The monoisotopic (exact) mass is 476 g/mol. The topological polar surface area (TPSA) is 85.2 Å². The second kappa shape index (κ2) is 7.92. The number of nitriles is 1. The minimum absolute atomic E-state index is 0.0745. The standard InChI is InChI=1S/C24H27ClF2N4O2/c25-18-3-1-17(2-4-18)21(33)30-23-8-15-5-16(9-23)7-22(6-15,13-23)29-12-20(32)31-14-24(26,27)10-19(31)11-28/h1-4,15-16,19,29H,5-10,12-14H2,(H,30,33). The van der Waals surface area contributed by atoms with E-state index in [-0.39, 0.29) is 23.5 Å². The minimum atomic E-state index is -3.02. The van der Waals surface area contributed by atoms with Crippen LogP contribution < -0.4 is 10.6 Å². The van der Waals surface area contributed by atoms with Gasteiger partial charge in [-0.1, -0.05) is 11.6 Å². The van der Waals surface area contributed by atoms with Crippen molar-refractivity contribution in [3.05, 3.63) is 34.9 Å². The highest BCUT2D eigenvalue weighted by Crippen LogP contribution is 2.57. The number of nitrogens with one attached hydrogen (secondary N) is 2. The molecule has 0 spiro atoms. The molecule has 3 unspecified atom stereocenters. The molecule has 1 aromatic rings. The van der Waals surface area contributed by atoms with Gasteiger partial charge in [0, 0.05) is 28.1 Å². The van der Waals surface area contributed by atoms with E-state index in [1.54, 1.807) is 24.3 Å². The molecule has 2 amide bonds. The predicted octanol–water partition coefficient (Wildman–Crippen LogP) is 3.51. The summed E-state index contributed by atoms with van der Waals surface area (Å²) >= 11 is 5.95. The molecule has 5 aliphatic rings. The third kappa shape index (κ3) is 4.33. The Balaban J connectivity index is 1.28. The second-order valence-electron chi connectivity index (χ2n) is 10.6. The molecule has 1 aromatic carbocycles. The van der Waals surface area contributed by atoms with E-state index >= 15 is 0 Å². The van der Waals surface area contributed by atoms with Gasteiger partial charge in [0.05, 0.1) is 19.2 Å². The fourth-order valence-electron chi connectivity index (χ4n) is 7.09. The molecule has 1 saturated heterocycles. The summed E-state index contributed by atoms with van der Waals surface area (Å²) in [6, 6.07) is 7.56. The molecular weight excluding hydrogens is 450 g/mol. The summed E-state index contributed by atoms with van der Waals surface area (Å²) in [6.07, 6.45) is 4.86. The first-order valence-electron chi connectivity index (χ1n) is 11.5. The minimum Gasteiger partial charge on any atom is -0.347 e. The van der Waals surface area contributed by atoms with E-state index in [0.29, 0.717) is 28.8 Å². The number of carbonyl (C=O) groups excluding carboxylic acids is 2. The SMILES string of the molecule is N#CC1CC(F)(F)CN1C(=O)CNC12CC3CC(C1)CC(NC(=O)c1ccc(Cl)cc1)(C3)C2. The molecule has 4 saturated carbocycles. The van der Waals surface area contributed by atoms with Gasteiger partial charge in [0.1, 0.15) is 6.04 Å². The Kier molecular flexibility index (Phi) is 5.41. The number of rotatable bonds is 5. The molecule has 33 heavy (non-hydrogen) atoms. The van der Waals surface area contributed by atoms with Crippen molar-refractivity contribution in [2.24, 2.45) is 11.8 Å². The van der Waals surface area contributed by atoms with Crippen molar-refractivity contribution in [3.63, 3.8) is 0 Å². The van der Waals surface area contributed by atoms with Gasteiger partial charge < -0.3 is 15.5 Å². The number of carbonyl (C=O) groups is 2. The van der Waals surface area contributed by atoms with E-state index in [1.807, 2.05) is 6.07 Å². The molecule has 1 aliphatic heterocycles. The number of amides is 2. The van der Waals surface area contributed by atoms with Gasteiger partial charge in [-0.05, 0) is 74.6 Å². The van der Waals surface area contributed by atoms with E-state index in [0.717, 1.165) is 37.0 Å². The van der Waals surface area contributed by atoms with Crippen LogP contribution in [0.3, 0.4) is 0 Å². The Morgan fingerprint density at radius 3 is 2.36 bits per heavy atom. The molecule has 4 aliphatic carbocycles. The van der Waals surface area contributed by atoms with Gasteiger partial charge in [-0.3, -0.25) is 9.59 Å². The lowest BCUT2D eigenvalue weighted by Gasteiger charge is -2.62. The zero-order chi connectivity index (χ0) is 23.4. The third-order valence-electron chi connectivity index (χ3n) is 7.90. The molecule has 0 radical (unpaired) electrons. The summed E-state index contributed by atoms with van der Waals surface area (Å²) in [7, 11) is 0. The van der Waals surface area contributed by atoms with Gasteiger partial charge in [0.25, 0.3) is 11.8 Å². The van der Waals surface area contributed by atoms with Crippen LogP contribution >= 0.6 is 11.6 Å². The van der Waals surface area contributed by atoms with Crippen LogP contribution in [0.5, 0.6) is 0 Å². The highest BCUT2D eigenvalue weighted by molar-refractivity contribution is 6.30. The summed E-state index contributed by atoms with van der Waals surface area (Å²) in [4.78, 5) is 26.7. The summed E-state index contributed by atoms with van der Waals surface area (Å²) in [6.45, 7) is -0.778. The fourth-order valence-corrected chi connectivity index (χ4v) is 7.21. The molecule has 2 N–H and O–H groups in total. The van der Waals surface area contributed by atoms with Crippen molar-refractivity contribution >= 4 is 23.4 Å². The highest BCUT2D eigenvalue weighted by atomic mass is 35.5. The van der Waals surface area contributed by atoms with Crippen LogP contribution in [0.15, 0.2) is 24.3 Å². The van der Waals surface area contributed by atoms with Crippen molar-refractivity contribution < 1.29 is 18.4 Å². The molecule has 3 atom stereocenters. The lowest BCUT2D eigenvalue weighted by atomic mass is 9.50. The lowest BCUT2D eigenvalue weighted by molar-refractivity contribution is -0.133. The zero-order valence-electron chi connectivity index (χ0n) is 18.3. The summed E-state index contributed by atoms with van der Waals surface area (Å²) in [5.74, 6) is -2.72. The van der Waals surface area contributed by atoms with E-state index in [1.165, 1.54) is 0 Å². The number of halogens is 3. The molecule has 6 nitrogen and oxygen atoms in total. The van der Waals surface area contributed by atoms with Crippen molar-refractivity contribution in [3.8, 4) is 6.07 Å². The van der Waals surface area contributed by atoms with E-state index < -0.39 is 30.8 Å². The van der Waals surface area contributed by atoms with Crippen LogP contribution in [-0.2, 0) is 4.79 Å².